The van der Waals surface area contributed by atoms with Crippen molar-refractivity contribution in [3.8, 4) is 0 Å². The molecule has 0 spiro atoms. The Hall–Kier alpha value is -1.30. The number of aromatic nitrogens is 2. The third-order valence-electron chi connectivity index (χ3n) is 2.93. The van der Waals surface area contributed by atoms with E-state index in [2.05, 4.69) is 9.97 Å². The number of likely N-dealkylation sites (tertiary alicyclic amines) is 1. The van der Waals surface area contributed by atoms with Crippen LogP contribution in [0.2, 0.25) is 0 Å². The molecule has 20 heavy (non-hydrogen) atoms. The second-order valence-electron chi connectivity index (χ2n) is 5.92. The summed E-state index contributed by atoms with van der Waals surface area (Å²) >= 11 is 1.64. The molecule has 1 saturated heterocycles. The molecule has 0 aliphatic carbocycles. The Balaban J connectivity index is 1.76. The minimum absolute atomic E-state index is 0.207. The molecule has 1 aromatic rings. The van der Waals surface area contributed by atoms with E-state index in [1.165, 1.54) is 0 Å². The van der Waals surface area contributed by atoms with Crippen LogP contribution >= 0.6 is 11.8 Å². The zero-order chi connectivity index (χ0) is 14.6. The topological polar surface area (TPSA) is 55.3 Å². The van der Waals surface area contributed by atoms with Gasteiger partial charge in [-0.2, -0.15) is 0 Å². The van der Waals surface area contributed by atoms with Crippen LogP contribution in [0.3, 0.4) is 0 Å². The number of nitrogens with zero attached hydrogens (tertiary/aromatic N) is 3. The maximum atomic E-state index is 12.0. The molecular formula is C14H21N3O2S. The first kappa shape index (κ1) is 15.1. The first-order chi connectivity index (χ1) is 9.44. The number of rotatable bonds is 3. The highest BCUT2D eigenvalue weighted by molar-refractivity contribution is 7.99. The van der Waals surface area contributed by atoms with Gasteiger partial charge in [-0.15, -0.1) is 0 Å². The summed E-state index contributed by atoms with van der Waals surface area (Å²) in [6.07, 6.45) is 4.30. The van der Waals surface area contributed by atoms with Crippen LogP contribution in [0.1, 0.15) is 27.2 Å². The Bertz CT molecular complexity index is 447. The second kappa shape index (κ2) is 6.43. The normalized spacial score (nSPS) is 19.1. The lowest BCUT2D eigenvalue weighted by atomic mass is 10.2. The SMILES string of the molecule is CC(C)(C)OC(=O)N1CC[C@H](CSc2ncccn2)C1. The highest BCUT2D eigenvalue weighted by atomic mass is 32.2. The van der Waals surface area contributed by atoms with E-state index in [4.69, 9.17) is 4.74 Å². The molecule has 110 valence electrons. The van der Waals surface area contributed by atoms with Gasteiger partial charge >= 0.3 is 6.09 Å². The van der Waals surface area contributed by atoms with Gasteiger partial charge in [-0.05, 0) is 39.2 Å². The summed E-state index contributed by atoms with van der Waals surface area (Å²) in [6.45, 7) is 7.20. The predicted octanol–water partition coefficient (Wildman–Crippen LogP) is 2.83. The summed E-state index contributed by atoms with van der Waals surface area (Å²) in [5.74, 6) is 1.42. The molecule has 0 aromatic carbocycles. The van der Waals surface area contributed by atoms with Gasteiger partial charge in [0, 0.05) is 31.2 Å². The molecule has 1 aromatic heterocycles. The van der Waals surface area contributed by atoms with E-state index in [0.717, 1.165) is 30.4 Å². The summed E-state index contributed by atoms with van der Waals surface area (Å²) < 4.78 is 5.39. The van der Waals surface area contributed by atoms with Crippen LogP contribution in [-0.2, 0) is 4.74 Å². The number of carbonyl (C=O) groups excluding carboxylic acids is 1. The molecule has 2 rings (SSSR count). The zero-order valence-corrected chi connectivity index (χ0v) is 13.0. The van der Waals surface area contributed by atoms with Crippen LogP contribution in [0, 0.1) is 5.92 Å². The lowest BCUT2D eigenvalue weighted by molar-refractivity contribution is 0.0289. The van der Waals surface area contributed by atoms with Crippen LogP contribution in [0.15, 0.2) is 23.6 Å². The molecule has 5 nitrogen and oxygen atoms in total. The van der Waals surface area contributed by atoms with E-state index >= 15 is 0 Å². The maximum Gasteiger partial charge on any atom is 0.410 e. The van der Waals surface area contributed by atoms with Crippen molar-refractivity contribution >= 4 is 17.9 Å². The van der Waals surface area contributed by atoms with Crippen LogP contribution in [-0.4, -0.2) is 45.4 Å². The molecule has 1 atom stereocenters. The van der Waals surface area contributed by atoms with E-state index < -0.39 is 5.60 Å². The van der Waals surface area contributed by atoms with Crippen LogP contribution in [0.25, 0.3) is 0 Å². The van der Waals surface area contributed by atoms with E-state index in [1.54, 1.807) is 29.1 Å². The summed E-state index contributed by atoms with van der Waals surface area (Å²) in [5, 5.41) is 0.795. The lowest BCUT2D eigenvalue weighted by Gasteiger charge is -2.24. The van der Waals surface area contributed by atoms with Crippen molar-refractivity contribution in [3.05, 3.63) is 18.5 Å². The Morgan fingerprint density at radius 2 is 2.15 bits per heavy atom. The summed E-state index contributed by atoms with van der Waals surface area (Å²) in [7, 11) is 0. The quantitative estimate of drug-likeness (QED) is 0.634. The summed E-state index contributed by atoms with van der Waals surface area (Å²) in [4.78, 5) is 22.1. The van der Waals surface area contributed by atoms with Gasteiger partial charge < -0.3 is 9.64 Å². The van der Waals surface area contributed by atoms with Crippen molar-refractivity contribution in [2.45, 2.75) is 37.9 Å². The summed E-state index contributed by atoms with van der Waals surface area (Å²) in [5.41, 5.74) is -0.429. The molecule has 1 amide bonds. The summed E-state index contributed by atoms with van der Waals surface area (Å²) in [6, 6.07) is 1.81. The number of carbonyl (C=O) groups is 1. The molecule has 6 heteroatoms. The Morgan fingerprint density at radius 3 is 2.80 bits per heavy atom. The van der Waals surface area contributed by atoms with Gasteiger partial charge in [-0.1, -0.05) is 11.8 Å². The first-order valence-electron chi connectivity index (χ1n) is 6.82. The molecular weight excluding hydrogens is 274 g/mol. The number of hydrogen-bond acceptors (Lipinski definition) is 5. The zero-order valence-electron chi connectivity index (χ0n) is 12.2. The fraction of sp³-hybridized carbons (Fsp3) is 0.643. The lowest BCUT2D eigenvalue weighted by Crippen LogP contribution is -2.35. The van der Waals surface area contributed by atoms with Crippen molar-refractivity contribution in [1.82, 2.24) is 14.9 Å². The molecule has 0 bridgehead atoms. The van der Waals surface area contributed by atoms with E-state index in [-0.39, 0.29) is 6.09 Å². The van der Waals surface area contributed by atoms with Crippen molar-refractivity contribution in [2.75, 3.05) is 18.8 Å². The van der Waals surface area contributed by atoms with E-state index in [0.29, 0.717) is 5.92 Å². The number of ether oxygens (including phenoxy) is 1. The van der Waals surface area contributed by atoms with Gasteiger partial charge in [0.05, 0.1) is 0 Å². The minimum Gasteiger partial charge on any atom is -0.444 e. The van der Waals surface area contributed by atoms with Gasteiger partial charge in [-0.3, -0.25) is 0 Å². The third kappa shape index (κ3) is 4.67. The second-order valence-corrected chi connectivity index (χ2v) is 6.91. The highest BCUT2D eigenvalue weighted by Gasteiger charge is 2.29. The highest BCUT2D eigenvalue weighted by Crippen LogP contribution is 2.24. The van der Waals surface area contributed by atoms with Crippen LogP contribution in [0.4, 0.5) is 4.79 Å². The van der Waals surface area contributed by atoms with Crippen molar-refractivity contribution < 1.29 is 9.53 Å². The number of hydrogen-bond donors (Lipinski definition) is 0. The fourth-order valence-electron chi connectivity index (χ4n) is 2.01. The van der Waals surface area contributed by atoms with Crippen molar-refractivity contribution in [2.24, 2.45) is 5.92 Å². The van der Waals surface area contributed by atoms with Crippen molar-refractivity contribution in [1.29, 1.82) is 0 Å². The molecule has 0 N–H and O–H groups in total. The van der Waals surface area contributed by atoms with Gasteiger partial charge in [-0.25, -0.2) is 14.8 Å². The predicted molar refractivity (Wildman–Crippen MR) is 78.7 cm³/mol. The molecule has 2 heterocycles. The van der Waals surface area contributed by atoms with Crippen LogP contribution in [0.5, 0.6) is 0 Å². The number of thioether (sulfide) groups is 1. The Labute approximate surface area is 124 Å². The average Bonchev–Trinajstić information content (AvgIpc) is 2.84. The molecule has 1 fully saturated rings. The Kier molecular flexibility index (Phi) is 4.86. The number of amides is 1. The van der Waals surface area contributed by atoms with Gasteiger partial charge in [0.2, 0.25) is 0 Å². The van der Waals surface area contributed by atoms with E-state index in [9.17, 15) is 4.79 Å². The van der Waals surface area contributed by atoms with Gasteiger partial charge in [0.1, 0.15) is 5.60 Å². The average molecular weight is 295 g/mol. The molecule has 0 unspecified atom stereocenters. The molecule has 0 saturated carbocycles. The van der Waals surface area contributed by atoms with Crippen molar-refractivity contribution in [3.63, 3.8) is 0 Å². The Morgan fingerprint density at radius 1 is 1.45 bits per heavy atom. The fourth-order valence-corrected chi connectivity index (χ4v) is 2.94. The smallest absolute Gasteiger partial charge is 0.410 e. The largest absolute Gasteiger partial charge is 0.444 e. The maximum absolute atomic E-state index is 12.0. The van der Waals surface area contributed by atoms with Gasteiger partial charge in [0.15, 0.2) is 5.16 Å². The minimum atomic E-state index is -0.429. The standard InChI is InChI=1S/C14H21N3O2S/c1-14(2,3)19-13(18)17-8-5-11(9-17)10-20-12-15-6-4-7-16-12/h4,6-7,11H,5,8-10H2,1-3H3/t11-/m0/s1. The molecule has 1 aliphatic rings. The molecule has 0 radical (unpaired) electrons. The van der Waals surface area contributed by atoms with Gasteiger partial charge in [0.25, 0.3) is 0 Å². The van der Waals surface area contributed by atoms with Crippen LogP contribution < -0.4 is 0 Å². The first-order valence-corrected chi connectivity index (χ1v) is 7.80. The molecule has 1 aliphatic heterocycles. The monoisotopic (exact) mass is 295 g/mol. The third-order valence-corrected chi connectivity index (χ3v) is 4.03. The van der Waals surface area contributed by atoms with E-state index in [1.807, 2.05) is 26.8 Å².